The summed E-state index contributed by atoms with van der Waals surface area (Å²) in [5.41, 5.74) is -0.316. The number of hydrogen-bond donors (Lipinski definition) is 1. The SMILES string of the molecule is CCCOc1cccc(C(=O)c2ccc([N+](=O)[O-])c(NS(=O)(=O)N(C)C)c2)c1. The third-order valence-electron chi connectivity index (χ3n) is 3.74. The molecule has 0 radical (unpaired) electrons. The Hall–Kier alpha value is -2.98. The first-order valence-electron chi connectivity index (χ1n) is 8.42. The summed E-state index contributed by atoms with van der Waals surface area (Å²) in [7, 11) is -1.42. The van der Waals surface area contributed by atoms with Gasteiger partial charge in [-0.3, -0.25) is 19.6 Å². The first kappa shape index (κ1) is 21.3. The van der Waals surface area contributed by atoms with Gasteiger partial charge in [0.1, 0.15) is 11.4 Å². The van der Waals surface area contributed by atoms with Crippen molar-refractivity contribution in [1.29, 1.82) is 0 Å². The summed E-state index contributed by atoms with van der Waals surface area (Å²) in [4.78, 5) is 23.3. The van der Waals surface area contributed by atoms with Crippen LogP contribution >= 0.6 is 0 Å². The van der Waals surface area contributed by atoms with Crippen molar-refractivity contribution in [2.24, 2.45) is 0 Å². The highest BCUT2D eigenvalue weighted by molar-refractivity contribution is 7.90. The zero-order valence-corrected chi connectivity index (χ0v) is 16.5. The largest absolute Gasteiger partial charge is 0.494 e. The lowest BCUT2D eigenvalue weighted by molar-refractivity contribution is -0.383. The Balaban J connectivity index is 2.42. The summed E-state index contributed by atoms with van der Waals surface area (Å²) >= 11 is 0. The van der Waals surface area contributed by atoms with Gasteiger partial charge in [0.25, 0.3) is 5.69 Å². The second-order valence-corrected chi connectivity index (χ2v) is 7.97. The number of carbonyl (C=O) groups excluding carboxylic acids is 1. The smallest absolute Gasteiger partial charge is 0.301 e. The molecule has 0 aromatic heterocycles. The molecule has 28 heavy (non-hydrogen) atoms. The fourth-order valence-corrected chi connectivity index (χ4v) is 2.89. The normalized spacial score (nSPS) is 11.3. The molecule has 0 aliphatic carbocycles. The molecule has 0 unspecified atom stereocenters. The van der Waals surface area contributed by atoms with E-state index in [1.807, 2.05) is 6.92 Å². The predicted octanol–water partition coefficient (Wildman–Crippen LogP) is 2.83. The summed E-state index contributed by atoms with van der Waals surface area (Å²) < 4.78 is 32.6. The average Bonchev–Trinajstić information content (AvgIpc) is 2.65. The van der Waals surface area contributed by atoms with Gasteiger partial charge in [-0.1, -0.05) is 19.1 Å². The van der Waals surface area contributed by atoms with Crippen LogP contribution in [0.5, 0.6) is 5.75 Å². The molecule has 9 nitrogen and oxygen atoms in total. The molecule has 150 valence electrons. The van der Waals surface area contributed by atoms with Crippen LogP contribution in [-0.4, -0.2) is 44.1 Å². The van der Waals surface area contributed by atoms with Gasteiger partial charge in [-0.15, -0.1) is 0 Å². The van der Waals surface area contributed by atoms with Crippen LogP contribution in [0.15, 0.2) is 42.5 Å². The van der Waals surface area contributed by atoms with Gasteiger partial charge in [-0.2, -0.15) is 12.7 Å². The minimum absolute atomic E-state index is 0.106. The minimum atomic E-state index is -3.98. The van der Waals surface area contributed by atoms with Crippen molar-refractivity contribution in [2.45, 2.75) is 13.3 Å². The average molecular weight is 407 g/mol. The summed E-state index contributed by atoms with van der Waals surface area (Å²) in [5, 5.41) is 11.2. The molecule has 0 amide bonds. The van der Waals surface area contributed by atoms with E-state index in [1.165, 1.54) is 20.2 Å². The fraction of sp³-hybridized carbons (Fsp3) is 0.278. The molecule has 0 atom stereocenters. The van der Waals surface area contributed by atoms with Gasteiger partial charge in [0.15, 0.2) is 5.78 Å². The molecule has 2 aromatic rings. The number of benzene rings is 2. The van der Waals surface area contributed by atoms with Crippen molar-refractivity contribution >= 4 is 27.4 Å². The Morgan fingerprint density at radius 3 is 2.46 bits per heavy atom. The van der Waals surface area contributed by atoms with Gasteiger partial charge in [0, 0.05) is 31.3 Å². The number of nitro benzene ring substituents is 1. The number of ether oxygens (including phenoxy) is 1. The number of nitrogens with zero attached hydrogens (tertiary/aromatic N) is 2. The van der Waals surface area contributed by atoms with E-state index in [0.29, 0.717) is 17.9 Å². The first-order chi connectivity index (χ1) is 13.2. The van der Waals surface area contributed by atoms with Crippen molar-refractivity contribution in [1.82, 2.24) is 4.31 Å². The van der Waals surface area contributed by atoms with E-state index in [2.05, 4.69) is 4.72 Å². The van der Waals surface area contributed by atoms with E-state index in [-0.39, 0.29) is 11.3 Å². The van der Waals surface area contributed by atoms with Gasteiger partial charge in [-0.05, 0) is 30.7 Å². The van der Waals surface area contributed by atoms with E-state index < -0.39 is 26.6 Å². The summed E-state index contributed by atoms with van der Waals surface area (Å²) in [5.74, 6) is 0.116. The predicted molar refractivity (Wildman–Crippen MR) is 105 cm³/mol. The third kappa shape index (κ3) is 5.05. The van der Waals surface area contributed by atoms with Crippen LogP contribution in [0.4, 0.5) is 11.4 Å². The summed E-state index contributed by atoms with van der Waals surface area (Å²) in [6, 6.07) is 10.1. The second-order valence-electron chi connectivity index (χ2n) is 6.08. The molecular formula is C18H21N3O6S. The van der Waals surface area contributed by atoms with Gasteiger partial charge in [0.2, 0.25) is 0 Å². The molecule has 0 saturated carbocycles. The van der Waals surface area contributed by atoms with Crippen molar-refractivity contribution in [2.75, 3.05) is 25.4 Å². The quantitative estimate of drug-likeness (QED) is 0.388. The van der Waals surface area contributed by atoms with Gasteiger partial charge >= 0.3 is 10.2 Å². The van der Waals surface area contributed by atoms with Crippen molar-refractivity contribution in [3.63, 3.8) is 0 Å². The molecule has 2 rings (SSSR count). The maximum absolute atomic E-state index is 12.8. The van der Waals surface area contributed by atoms with Crippen LogP contribution in [0.3, 0.4) is 0 Å². The van der Waals surface area contributed by atoms with E-state index >= 15 is 0 Å². The molecule has 0 bridgehead atoms. The topological polar surface area (TPSA) is 119 Å². The van der Waals surface area contributed by atoms with Gasteiger partial charge in [0.05, 0.1) is 11.5 Å². The highest BCUT2D eigenvalue weighted by atomic mass is 32.2. The molecule has 0 heterocycles. The van der Waals surface area contributed by atoms with Crippen molar-refractivity contribution < 1.29 is 22.9 Å². The Bertz CT molecular complexity index is 989. The van der Waals surface area contributed by atoms with E-state index in [4.69, 9.17) is 4.74 Å². The van der Waals surface area contributed by atoms with Gasteiger partial charge < -0.3 is 4.74 Å². The lowest BCUT2D eigenvalue weighted by atomic mass is 10.0. The monoisotopic (exact) mass is 407 g/mol. The molecule has 0 aliphatic rings. The molecule has 0 spiro atoms. The number of hydrogen-bond acceptors (Lipinski definition) is 6. The zero-order chi connectivity index (χ0) is 20.9. The maximum Gasteiger partial charge on any atom is 0.301 e. The number of nitro groups is 1. The number of nitrogens with one attached hydrogen (secondary N) is 1. The maximum atomic E-state index is 12.8. The van der Waals surface area contributed by atoms with E-state index in [0.717, 1.165) is 22.9 Å². The van der Waals surface area contributed by atoms with Gasteiger partial charge in [-0.25, -0.2) is 0 Å². The van der Waals surface area contributed by atoms with Crippen LogP contribution in [0, 0.1) is 10.1 Å². The molecule has 10 heteroatoms. The van der Waals surface area contributed by atoms with Crippen LogP contribution < -0.4 is 9.46 Å². The van der Waals surface area contributed by atoms with Crippen LogP contribution in [-0.2, 0) is 10.2 Å². The summed E-state index contributed by atoms with van der Waals surface area (Å²) in [6.07, 6.45) is 0.815. The molecule has 2 aromatic carbocycles. The number of carbonyl (C=O) groups is 1. The Kier molecular flexibility index (Phi) is 6.71. The van der Waals surface area contributed by atoms with Crippen molar-refractivity contribution in [3.05, 3.63) is 63.7 Å². The third-order valence-corrected chi connectivity index (χ3v) is 5.18. The highest BCUT2D eigenvalue weighted by Crippen LogP contribution is 2.28. The van der Waals surface area contributed by atoms with Crippen LogP contribution in [0.2, 0.25) is 0 Å². The van der Waals surface area contributed by atoms with E-state index in [9.17, 15) is 23.3 Å². The second kappa shape index (κ2) is 8.81. The zero-order valence-electron chi connectivity index (χ0n) is 15.7. The number of anilines is 1. The number of ketones is 1. The number of rotatable bonds is 9. The van der Waals surface area contributed by atoms with Crippen LogP contribution in [0.25, 0.3) is 0 Å². The summed E-state index contributed by atoms with van der Waals surface area (Å²) in [6.45, 7) is 2.47. The molecular weight excluding hydrogens is 386 g/mol. The van der Waals surface area contributed by atoms with Crippen LogP contribution in [0.1, 0.15) is 29.3 Å². The molecule has 0 saturated heterocycles. The lowest BCUT2D eigenvalue weighted by Gasteiger charge is -2.14. The minimum Gasteiger partial charge on any atom is -0.494 e. The molecule has 0 fully saturated rings. The lowest BCUT2D eigenvalue weighted by Crippen LogP contribution is -2.29. The Labute approximate surface area is 163 Å². The fourth-order valence-electron chi connectivity index (χ4n) is 2.26. The standard InChI is InChI=1S/C18H21N3O6S/c1-4-10-27-15-7-5-6-13(11-15)18(22)14-8-9-17(21(23)24)16(12-14)19-28(25,26)20(2)3/h5-9,11-12,19H,4,10H2,1-3H3. The molecule has 0 aliphatic heterocycles. The Morgan fingerprint density at radius 2 is 1.86 bits per heavy atom. The Morgan fingerprint density at radius 1 is 1.18 bits per heavy atom. The first-order valence-corrected chi connectivity index (χ1v) is 9.86. The van der Waals surface area contributed by atoms with Crippen molar-refractivity contribution in [3.8, 4) is 5.75 Å². The van der Waals surface area contributed by atoms with E-state index in [1.54, 1.807) is 24.3 Å². The molecule has 1 N–H and O–H groups in total. The highest BCUT2D eigenvalue weighted by Gasteiger charge is 2.23.